The lowest BCUT2D eigenvalue weighted by Crippen LogP contribution is -2.35. The summed E-state index contributed by atoms with van der Waals surface area (Å²) >= 11 is 1.43. The highest BCUT2D eigenvalue weighted by Gasteiger charge is 2.35. The third-order valence-electron chi connectivity index (χ3n) is 3.18. The van der Waals surface area contributed by atoms with E-state index in [1.54, 1.807) is 4.68 Å². The van der Waals surface area contributed by atoms with E-state index in [0.717, 1.165) is 5.56 Å². The Hall–Kier alpha value is -2.33. The van der Waals surface area contributed by atoms with Gasteiger partial charge in [0.05, 0.1) is 6.07 Å². The Bertz CT molecular complexity index is 699. The number of fused-ring (bicyclic) bond motifs is 1. The summed E-state index contributed by atoms with van der Waals surface area (Å²) in [4.78, 5) is 8.49. The third kappa shape index (κ3) is 1.94. The second kappa shape index (κ2) is 4.98. The Kier molecular flexibility index (Phi) is 3.16. The summed E-state index contributed by atoms with van der Waals surface area (Å²) in [6, 6.07) is 11.6. The first-order valence-corrected chi connectivity index (χ1v) is 7.26. The maximum Gasteiger partial charge on any atom is 0.251 e. The van der Waals surface area contributed by atoms with Crippen molar-refractivity contribution < 1.29 is 0 Å². The van der Waals surface area contributed by atoms with Crippen LogP contribution in [0.15, 0.2) is 40.5 Å². The summed E-state index contributed by atoms with van der Waals surface area (Å²) in [6.07, 6.45) is 1.90. The Labute approximate surface area is 120 Å². The number of rotatable bonds is 2. The third-order valence-corrected chi connectivity index (χ3v) is 3.72. The van der Waals surface area contributed by atoms with Gasteiger partial charge in [-0.1, -0.05) is 42.1 Å². The van der Waals surface area contributed by atoms with Crippen LogP contribution in [0.5, 0.6) is 0 Å². The molecule has 3 rings (SSSR count). The van der Waals surface area contributed by atoms with Gasteiger partial charge >= 0.3 is 0 Å². The van der Waals surface area contributed by atoms with Gasteiger partial charge in [-0.15, -0.1) is 5.10 Å². The van der Waals surface area contributed by atoms with Crippen molar-refractivity contribution in [3.63, 3.8) is 0 Å². The maximum absolute atomic E-state index is 9.41. The quantitative estimate of drug-likeness (QED) is 0.848. The number of hydrogen-bond donors (Lipinski definition) is 1. The van der Waals surface area contributed by atoms with Gasteiger partial charge in [0, 0.05) is 0 Å². The van der Waals surface area contributed by atoms with Crippen molar-refractivity contribution in [2.75, 3.05) is 6.26 Å². The number of hydrogen-bond acceptors (Lipinski definition) is 6. The predicted octanol–water partition coefficient (Wildman–Crippen LogP) is 1.73. The smallest absolute Gasteiger partial charge is 0.251 e. The highest BCUT2D eigenvalue weighted by Crippen LogP contribution is 2.34. The first kappa shape index (κ1) is 12.7. The lowest BCUT2D eigenvalue weighted by molar-refractivity contribution is 0.468. The van der Waals surface area contributed by atoms with E-state index in [1.165, 1.54) is 11.8 Å². The minimum absolute atomic E-state index is 0.286. The van der Waals surface area contributed by atoms with Gasteiger partial charge in [0.15, 0.2) is 0 Å². The highest BCUT2D eigenvalue weighted by molar-refractivity contribution is 7.98. The van der Waals surface area contributed by atoms with E-state index < -0.39 is 5.92 Å². The molecule has 1 aliphatic rings. The second-order valence-corrected chi connectivity index (χ2v) is 5.12. The van der Waals surface area contributed by atoms with E-state index in [0.29, 0.717) is 11.1 Å². The van der Waals surface area contributed by atoms with E-state index in [2.05, 4.69) is 21.1 Å². The first-order chi connectivity index (χ1) is 9.74. The molecule has 7 heteroatoms. The zero-order valence-electron chi connectivity index (χ0n) is 10.8. The highest BCUT2D eigenvalue weighted by atomic mass is 32.2. The molecule has 0 bridgehead atoms. The number of aliphatic imine (C=N–C) groups is 1. The van der Waals surface area contributed by atoms with Gasteiger partial charge in [-0.2, -0.15) is 15.2 Å². The fourth-order valence-electron chi connectivity index (χ4n) is 2.25. The average Bonchev–Trinajstić information content (AvgIpc) is 2.89. The van der Waals surface area contributed by atoms with Crippen molar-refractivity contribution in [1.82, 2.24) is 14.8 Å². The van der Waals surface area contributed by atoms with Gasteiger partial charge in [0.2, 0.25) is 5.16 Å². The van der Waals surface area contributed by atoms with Crippen LogP contribution in [0.4, 0.5) is 5.95 Å². The molecule has 2 unspecified atom stereocenters. The SMILES string of the molecule is CSc1nc2n(n1)C(c1ccccc1)C(C#N)C(N)=N2. The van der Waals surface area contributed by atoms with E-state index in [-0.39, 0.29) is 11.9 Å². The molecule has 100 valence electrons. The molecule has 1 aliphatic heterocycles. The van der Waals surface area contributed by atoms with Crippen LogP contribution in [0.2, 0.25) is 0 Å². The Morgan fingerprint density at radius 3 is 2.75 bits per heavy atom. The molecule has 2 heterocycles. The first-order valence-electron chi connectivity index (χ1n) is 6.03. The molecule has 0 saturated carbocycles. The van der Waals surface area contributed by atoms with Crippen LogP contribution in [0.1, 0.15) is 11.6 Å². The molecule has 6 nitrogen and oxygen atoms in total. The molecule has 0 spiro atoms. The van der Waals surface area contributed by atoms with Crippen LogP contribution in [0.3, 0.4) is 0 Å². The Balaban J connectivity index is 2.18. The van der Waals surface area contributed by atoms with Crippen LogP contribution in [-0.2, 0) is 0 Å². The van der Waals surface area contributed by atoms with Gasteiger partial charge in [0.25, 0.3) is 5.95 Å². The van der Waals surface area contributed by atoms with Crippen molar-refractivity contribution in [3.8, 4) is 6.07 Å². The van der Waals surface area contributed by atoms with E-state index in [1.807, 2.05) is 36.6 Å². The number of nitriles is 1. The zero-order chi connectivity index (χ0) is 14.1. The molecule has 0 amide bonds. The molecular weight excluding hydrogens is 272 g/mol. The minimum atomic E-state index is -0.540. The fourth-order valence-corrected chi connectivity index (χ4v) is 2.60. The predicted molar refractivity (Wildman–Crippen MR) is 76.8 cm³/mol. The monoisotopic (exact) mass is 284 g/mol. The molecule has 0 aliphatic carbocycles. The maximum atomic E-state index is 9.41. The van der Waals surface area contributed by atoms with Crippen molar-refractivity contribution in [3.05, 3.63) is 35.9 Å². The average molecular weight is 284 g/mol. The fraction of sp³-hybridized carbons (Fsp3) is 0.231. The summed E-state index contributed by atoms with van der Waals surface area (Å²) in [5.41, 5.74) is 6.89. The molecule has 0 saturated heterocycles. The van der Waals surface area contributed by atoms with Crippen LogP contribution >= 0.6 is 11.8 Å². The number of nitrogens with zero attached hydrogens (tertiary/aromatic N) is 5. The molecule has 0 fully saturated rings. The van der Waals surface area contributed by atoms with Crippen molar-refractivity contribution in [1.29, 1.82) is 5.26 Å². The second-order valence-electron chi connectivity index (χ2n) is 4.34. The summed E-state index contributed by atoms with van der Waals surface area (Å²) in [5.74, 6) is 0.197. The van der Waals surface area contributed by atoms with Crippen LogP contribution in [-0.4, -0.2) is 26.9 Å². The minimum Gasteiger partial charge on any atom is -0.386 e. The van der Waals surface area contributed by atoms with Crippen molar-refractivity contribution >= 4 is 23.5 Å². The summed E-state index contributed by atoms with van der Waals surface area (Å²) < 4.78 is 1.69. The van der Waals surface area contributed by atoms with Crippen LogP contribution in [0, 0.1) is 17.2 Å². The number of nitrogens with two attached hydrogens (primary N) is 1. The van der Waals surface area contributed by atoms with Crippen LogP contribution in [0.25, 0.3) is 0 Å². The van der Waals surface area contributed by atoms with E-state index >= 15 is 0 Å². The van der Waals surface area contributed by atoms with Gasteiger partial charge in [0.1, 0.15) is 17.8 Å². The molecule has 2 atom stereocenters. The zero-order valence-corrected chi connectivity index (χ0v) is 11.6. The van der Waals surface area contributed by atoms with E-state index in [4.69, 9.17) is 5.73 Å². The lowest BCUT2D eigenvalue weighted by atomic mass is 9.92. The molecule has 2 N–H and O–H groups in total. The van der Waals surface area contributed by atoms with Gasteiger partial charge < -0.3 is 5.73 Å². The molecule has 1 aromatic carbocycles. The number of benzene rings is 1. The van der Waals surface area contributed by atoms with Gasteiger partial charge in [-0.25, -0.2) is 4.68 Å². The number of thioether (sulfide) groups is 1. The summed E-state index contributed by atoms with van der Waals surface area (Å²) in [5, 5.41) is 14.4. The molecular formula is C13H12N6S. The summed E-state index contributed by atoms with van der Waals surface area (Å²) in [7, 11) is 0. The van der Waals surface area contributed by atoms with Gasteiger partial charge in [-0.3, -0.25) is 0 Å². The topological polar surface area (TPSA) is 92.9 Å². The lowest BCUT2D eigenvalue weighted by Gasteiger charge is -2.26. The Morgan fingerprint density at radius 1 is 1.35 bits per heavy atom. The van der Waals surface area contributed by atoms with E-state index in [9.17, 15) is 5.26 Å². The molecule has 2 aromatic rings. The van der Waals surface area contributed by atoms with Gasteiger partial charge in [-0.05, 0) is 11.8 Å². The normalized spacial score (nSPS) is 20.9. The van der Waals surface area contributed by atoms with Crippen LogP contribution < -0.4 is 5.73 Å². The Morgan fingerprint density at radius 2 is 2.10 bits per heavy atom. The molecule has 1 aromatic heterocycles. The standard InChI is InChI=1S/C13H12N6S/c1-20-13-17-12-16-11(15)9(7-14)10(19(12)18-13)8-5-3-2-4-6-8/h2-6,9-10H,1H3,(H2,15,16,17,18). The largest absolute Gasteiger partial charge is 0.386 e. The summed E-state index contributed by atoms with van der Waals surface area (Å²) in [6.45, 7) is 0. The number of amidine groups is 1. The van der Waals surface area contributed by atoms with Crippen molar-refractivity contribution in [2.45, 2.75) is 11.2 Å². The molecule has 20 heavy (non-hydrogen) atoms. The van der Waals surface area contributed by atoms with Crippen molar-refractivity contribution in [2.24, 2.45) is 16.6 Å². The number of aromatic nitrogens is 3. The molecule has 0 radical (unpaired) electrons.